The highest BCUT2D eigenvalue weighted by atomic mass is 35.5. The number of hydrogen-bond acceptors (Lipinski definition) is 5. The molecule has 1 aliphatic rings. The molecule has 32 heavy (non-hydrogen) atoms. The Hall–Kier alpha value is -3.05. The van der Waals surface area contributed by atoms with Gasteiger partial charge in [-0.15, -0.1) is 0 Å². The zero-order chi connectivity index (χ0) is 23.7. The molecule has 0 spiro atoms. The minimum absolute atomic E-state index is 0.00875. The molecule has 2 heterocycles. The Balaban J connectivity index is 0.000000451. The molecule has 0 bridgehead atoms. The summed E-state index contributed by atoms with van der Waals surface area (Å²) in [6, 6.07) is 10.6. The van der Waals surface area contributed by atoms with Crippen LogP contribution in [0.5, 0.6) is 5.75 Å². The summed E-state index contributed by atoms with van der Waals surface area (Å²) in [4.78, 5) is 25.7. The Morgan fingerprint density at radius 1 is 1.22 bits per heavy atom. The maximum absolute atomic E-state index is 12.3. The Bertz CT molecular complexity index is 895. The van der Waals surface area contributed by atoms with Crippen molar-refractivity contribution >= 4 is 29.3 Å². The van der Waals surface area contributed by atoms with Crippen LogP contribution in [0.15, 0.2) is 42.6 Å². The van der Waals surface area contributed by atoms with Crippen molar-refractivity contribution < 1.29 is 32.6 Å². The summed E-state index contributed by atoms with van der Waals surface area (Å²) >= 11 is 5.86. The van der Waals surface area contributed by atoms with Gasteiger partial charge in [-0.3, -0.25) is 4.98 Å². The maximum atomic E-state index is 12.3. The van der Waals surface area contributed by atoms with Crippen LogP contribution in [-0.4, -0.2) is 54.5 Å². The van der Waals surface area contributed by atoms with Gasteiger partial charge in [0.25, 0.3) is 0 Å². The lowest BCUT2D eigenvalue weighted by atomic mass is 9.90. The summed E-state index contributed by atoms with van der Waals surface area (Å²) in [5.41, 5.74) is 1.64. The smallest absolute Gasteiger partial charge is 0.490 e. The molecule has 4 N–H and O–H groups in total. The number of carboxylic acids is 1. The van der Waals surface area contributed by atoms with Gasteiger partial charge in [0.2, 0.25) is 0 Å². The Morgan fingerprint density at radius 3 is 2.41 bits per heavy atom. The number of carbonyl (C=O) groups is 2. The molecular weight excluding hydrogens is 453 g/mol. The van der Waals surface area contributed by atoms with Crippen molar-refractivity contribution in [3.8, 4) is 5.75 Å². The highest BCUT2D eigenvalue weighted by Crippen LogP contribution is 2.24. The standard InChI is InChI=1S/C18H21ClN4O2.C2HF3O2/c1-25-14-6-7-16(21-10-14)15-11-20-9-8-17(15)23-18(24)22-13-4-2-12(19)3-5-13;3-2(4,5)1(6)7/h2-7,10,15,17,20H,8-9,11H2,1H3,(H2,22,23,24);(H,6,7)/t15-,17+;/m0./s1. The van der Waals surface area contributed by atoms with Gasteiger partial charge in [-0.2, -0.15) is 13.2 Å². The quantitative estimate of drug-likeness (QED) is 0.538. The van der Waals surface area contributed by atoms with Gasteiger partial charge in [-0.25, -0.2) is 9.59 Å². The van der Waals surface area contributed by atoms with Crippen molar-refractivity contribution in [2.75, 3.05) is 25.5 Å². The highest BCUT2D eigenvalue weighted by Gasteiger charge is 2.38. The Morgan fingerprint density at radius 2 is 1.88 bits per heavy atom. The van der Waals surface area contributed by atoms with E-state index in [0.29, 0.717) is 10.7 Å². The summed E-state index contributed by atoms with van der Waals surface area (Å²) in [6.07, 6.45) is -2.54. The van der Waals surface area contributed by atoms with E-state index in [4.69, 9.17) is 26.2 Å². The van der Waals surface area contributed by atoms with E-state index >= 15 is 0 Å². The number of rotatable bonds is 4. The van der Waals surface area contributed by atoms with E-state index in [1.54, 1.807) is 37.6 Å². The number of carbonyl (C=O) groups excluding carboxylic acids is 1. The van der Waals surface area contributed by atoms with Crippen LogP contribution in [0.4, 0.5) is 23.7 Å². The maximum Gasteiger partial charge on any atom is 0.490 e. The molecule has 0 saturated carbocycles. The molecule has 0 unspecified atom stereocenters. The number of urea groups is 1. The number of halogens is 4. The third-order valence-electron chi connectivity index (χ3n) is 4.52. The van der Waals surface area contributed by atoms with Gasteiger partial charge < -0.3 is 25.8 Å². The number of benzene rings is 1. The number of aliphatic carboxylic acids is 1. The molecule has 0 aliphatic carbocycles. The third-order valence-corrected chi connectivity index (χ3v) is 4.77. The van der Waals surface area contributed by atoms with Crippen molar-refractivity contribution in [1.29, 1.82) is 0 Å². The second kappa shape index (κ2) is 11.5. The number of hydrogen-bond donors (Lipinski definition) is 4. The van der Waals surface area contributed by atoms with Crippen LogP contribution >= 0.6 is 11.6 Å². The van der Waals surface area contributed by atoms with Crippen LogP contribution in [0.2, 0.25) is 5.02 Å². The molecule has 1 fully saturated rings. The highest BCUT2D eigenvalue weighted by molar-refractivity contribution is 6.30. The predicted octanol–water partition coefficient (Wildman–Crippen LogP) is 3.64. The van der Waals surface area contributed by atoms with Gasteiger partial charge in [-0.05, 0) is 49.4 Å². The first-order valence-corrected chi connectivity index (χ1v) is 9.81. The normalized spacial score (nSPS) is 18.0. The second-order valence-corrected chi connectivity index (χ2v) is 7.17. The molecule has 1 aliphatic heterocycles. The van der Waals surface area contributed by atoms with Gasteiger partial charge in [0.1, 0.15) is 5.75 Å². The van der Waals surface area contributed by atoms with E-state index in [1.165, 1.54) is 0 Å². The van der Waals surface area contributed by atoms with Crippen molar-refractivity contribution in [3.05, 3.63) is 53.3 Å². The number of nitrogens with one attached hydrogen (secondary N) is 3. The lowest BCUT2D eigenvalue weighted by Crippen LogP contribution is -2.49. The third kappa shape index (κ3) is 7.89. The van der Waals surface area contributed by atoms with E-state index in [-0.39, 0.29) is 18.0 Å². The molecule has 2 amide bonds. The van der Waals surface area contributed by atoms with Gasteiger partial charge in [0.15, 0.2) is 0 Å². The van der Waals surface area contributed by atoms with Gasteiger partial charge in [0, 0.05) is 34.9 Å². The minimum Gasteiger partial charge on any atom is -0.495 e. The zero-order valence-electron chi connectivity index (χ0n) is 16.9. The van der Waals surface area contributed by atoms with Crippen LogP contribution in [0, 0.1) is 0 Å². The molecule has 12 heteroatoms. The number of piperidine rings is 1. The predicted molar refractivity (Wildman–Crippen MR) is 112 cm³/mol. The average Bonchev–Trinajstić information content (AvgIpc) is 2.75. The van der Waals surface area contributed by atoms with Crippen LogP contribution < -0.4 is 20.7 Å². The Kier molecular flexibility index (Phi) is 9.09. The second-order valence-electron chi connectivity index (χ2n) is 6.74. The number of carboxylic acid groups (broad SMARTS) is 1. The van der Waals surface area contributed by atoms with Gasteiger partial charge in [0.05, 0.1) is 13.3 Å². The van der Waals surface area contributed by atoms with Crippen molar-refractivity contribution in [3.63, 3.8) is 0 Å². The largest absolute Gasteiger partial charge is 0.495 e. The number of anilines is 1. The van der Waals surface area contributed by atoms with Crippen molar-refractivity contribution in [2.24, 2.45) is 0 Å². The number of nitrogens with zero attached hydrogens (tertiary/aromatic N) is 1. The van der Waals surface area contributed by atoms with Crippen LogP contribution in [0.1, 0.15) is 18.0 Å². The summed E-state index contributed by atoms with van der Waals surface area (Å²) in [5.74, 6) is -1.93. The topological polar surface area (TPSA) is 113 Å². The van der Waals surface area contributed by atoms with E-state index in [2.05, 4.69) is 20.9 Å². The summed E-state index contributed by atoms with van der Waals surface area (Å²) in [7, 11) is 1.62. The van der Waals surface area contributed by atoms with Crippen molar-refractivity contribution in [1.82, 2.24) is 15.6 Å². The summed E-state index contributed by atoms with van der Waals surface area (Å²) in [6.45, 7) is 1.63. The molecule has 3 rings (SSSR count). The number of ether oxygens (including phenoxy) is 1. The molecular formula is C20H22ClF3N4O4. The molecule has 1 saturated heterocycles. The van der Waals surface area contributed by atoms with E-state index in [9.17, 15) is 18.0 Å². The first-order valence-electron chi connectivity index (χ1n) is 9.44. The number of alkyl halides is 3. The molecule has 1 aromatic heterocycles. The molecule has 2 aromatic rings. The lowest BCUT2D eigenvalue weighted by molar-refractivity contribution is -0.192. The van der Waals surface area contributed by atoms with Gasteiger partial charge in [-0.1, -0.05) is 11.6 Å². The summed E-state index contributed by atoms with van der Waals surface area (Å²) in [5, 5.41) is 17.0. The number of methoxy groups -OCH3 is 1. The molecule has 8 nitrogen and oxygen atoms in total. The Labute approximate surface area is 187 Å². The summed E-state index contributed by atoms with van der Waals surface area (Å²) < 4.78 is 36.9. The van der Waals surface area contributed by atoms with E-state index in [1.807, 2.05) is 12.1 Å². The first kappa shape index (κ1) is 25.2. The van der Waals surface area contributed by atoms with E-state index in [0.717, 1.165) is 31.0 Å². The zero-order valence-corrected chi connectivity index (χ0v) is 17.7. The number of amides is 2. The lowest BCUT2D eigenvalue weighted by Gasteiger charge is -2.32. The fourth-order valence-electron chi connectivity index (χ4n) is 2.94. The first-order chi connectivity index (χ1) is 15.1. The van der Waals surface area contributed by atoms with Gasteiger partial charge >= 0.3 is 18.2 Å². The number of pyridine rings is 1. The van der Waals surface area contributed by atoms with Crippen LogP contribution in [0.25, 0.3) is 0 Å². The van der Waals surface area contributed by atoms with Crippen LogP contribution in [-0.2, 0) is 4.79 Å². The molecule has 1 aromatic carbocycles. The van der Waals surface area contributed by atoms with Crippen molar-refractivity contribution in [2.45, 2.75) is 24.6 Å². The number of aromatic nitrogens is 1. The fraction of sp³-hybridized carbons (Fsp3) is 0.350. The monoisotopic (exact) mass is 474 g/mol. The molecule has 2 atom stereocenters. The average molecular weight is 475 g/mol. The fourth-order valence-corrected chi connectivity index (χ4v) is 3.07. The van der Waals surface area contributed by atoms with E-state index < -0.39 is 12.1 Å². The van der Waals surface area contributed by atoms with Crippen LogP contribution in [0.3, 0.4) is 0 Å². The SMILES string of the molecule is COc1ccc([C@@H]2CNCC[C@H]2NC(=O)Nc2ccc(Cl)cc2)nc1.O=C(O)C(F)(F)F. The molecule has 174 valence electrons. The minimum atomic E-state index is -5.08. The molecule has 0 radical (unpaired) electrons.